The quantitative estimate of drug-likeness (QED) is 0.925. The number of aryl methyl sites for hydroxylation is 1. The van der Waals surface area contributed by atoms with Gasteiger partial charge < -0.3 is 14.6 Å². The zero-order chi connectivity index (χ0) is 16.4. The molecule has 1 aliphatic rings. The maximum Gasteiger partial charge on any atom is 0.222 e. The van der Waals surface area contributed by atoms with Crippen molar-refractivity contribution < 1.29 is 9.53 Å². The normalized spacial score (nSPS) is 20.6. The summed E-state index contributed by atoms with van der Waals surface area (Å²) in [7, 11) is 0. The zero-order valence-electron chi connectivity index (χ0n) is 13.6. The average molecular weight is 335 g/mol. The van der Waals surface area contributed by atoms with Crippen molar-refractivity contribution >= 4 is 28.4 Å². The van der Waals surface area contributed by atoms with Crippen molar-refractivity contribution in [3.63, 3.8) is 0 Å². The van der Waals surface area contributed by atoms with Gasteiger partial charge in [0.1, 0.15) is 0 Å². The Balaban J connectivity index is 1.57. The van der Waals surface area contributed by atoms with Gasteiger partial charge in [0.15, 0.2) is 0 Å². The number of rotatable bonds is 4. The molecule has 1 saturated heterocycles. The fourth-order valence-corrected chi connectivity index (χ4v) is 3.40. The number of nitrogens with one attached hydrogen (secondary N) is 1. The summed E-state index contributed by atoms with van der Waals surface area (Å²) in [6, 6.07) is 8.08. The van der Waals surface area contributed by atoms with E-state index >= 15 is 0 Å². The van der Waals surface area contributed by atoms with Crippen molar-refractivity contribution in [2.24, 2.45) is 0 Å². The van der Waals surface area contributed by atoms with Crippen LogP contribution in [0, 0.1) is 0 Å². The van der Waals surface area contributed by atoms with Crippen LogP contribution in [0.4, 0.5) is 0 Å². The van der Waals surface area contributed by atoms with E-state index in [4.69, 9.17) is 16.3 Å². The van der Waals surface area contributed by atoms with E-state index < -0.39 is 0 Å². The molecule has 0 bridgehead atoms. The second kappa shape index (κ2) is 6.54. The third-order valence-electron chi connectivity index (χ3n) is 4.38. The minimum atomic E-state index is -0.149. The van der Waals surface area contributed by atoms with Crippen LogP contribution in [-0.2, 0) is 16.1 Å². The zero-order valence-corrected chi connectivity index (χ0v) is 14.4. The summed E-state index contributed by atoms with van der Waals surface area (Å²) in [6.45, 7) is 5.50. The Morgan fingerprint density at radius 3 is 3.04 bits per heavy atom. The number of ether oxygens (including phenoxy) is 1. The van der Waals surface area contributed by atoms with Gasteiger partial charge in [-0.25, -0.2) is 0 Å². The second-order valence-electron chi connectivity index (χ2n) is 6.83. The van der Waals surface area contributed by atoms with Crippen LogP contribution < -0.4 is 5.32 Å². The largest absolute Gasteiger partial charge is 0.375 e. The summed E-state index contributed by atoms with van der Waals surface area (Å²) in [4.78, 5) is 12.2. The molecule has 0 saturated carbocycles. The number of hydrogen-bond acceptors (Lipinski definition) is 2. The third kappa shape index (κ3) is 4.06. The number of amides is 1. The fraction of sp³-hybridized carbons (Fsp3) is 0.500. The number of hydrogen-bond donors (Lipinski definition) is 1. The van der Waals surface area contributed by atoms with Crippen molar-refractivity contribution in [2.75, 3.05) is 6.61 Å². The highest BCUT2D eigenvalue weighted by Crippen LogP contribution is 2.24. The standard InChI is InChI=1S/C18H23ClN2O2/c1-18(2)12-15(7-10-23-18)20-17(22)6-9-21-8-5-13-3-4-14(19)11-16(13)21/h3-5,8,11,15H,6-7,9-10,12H2,1-2H3,(H,20,22). The van der Waals surface area contributed by atoms with Crippen molar-refractivity contribution in [2.45, 2.75) is 51.3 Å². The van der Waals surface area contributed by atoms with Gasteiger partial charge in [0.25, 0.3) is 0 Å². The molecule has 1 atom stereocenters. The van der Waals surface area contributed by atoms with Crippen molar-refractivity contribution in [3.8, 4) is 0 Å². The fourth-order valence-electron chi connectivity index (χ4n) is 3.23. The molecule has 5 heteroatoms. The van der Waals surface area contributed by atoms with Gasteiger partial charge in [-0.15, -0.1) is 0 Å². The van der Waals surface area contributed by atoms with Gasteiger partial charge in [0, 0.05) is 42.4 Å². The van der Waals surface area contributed by atoms with Gasteiger partial charge >= 0.3 is 0 Å². The Hall–Kier alpha value is -1.52. The van der Waals surface area contributed by atoms with Gasteiger partial charge in [0.2, 0.25) is 5.91 Å². The van der Waals surface area contributed by atoms with E-state index in [1.165, 1.54) is 0 Å². The highest BCUT2D eigenvalue weighted by molar-refractivity contribution is 6.31. The topological polar surface area (TPSA) is 43.3 Å². The van der Waals surface area contributed by atoms with Crippen molar-refractivity contribution in [1.29, 1.82) is 0 Å². The Morgan fingerprint density at radius 1 is 1.43 bits per heavy atom. The lowest BCUT2D eigenvalue weighted by Crippen LogP contribution is -2.45. The Bertz CT molecular complexity index is 708. The Kier molecular flexibility index (Phi) is 4.64. The maximum atomic E-state index is 12.2. The molecule has 0 aliphatic carbocycles. The lowest BCUT2D eigenvalue weighted by atomic mass is 9.94. The monoisotopic (exact) mass is 334 g/mol. The van der Waals surface area contributed by atoms with Gasteiger partial charge in [-0.05, 0) is 50.3 Å². The number of aromatic nitrogens is 1. The molecule has 2 aromatic rings. The summed E-state index contributed by atoms with van der Waals surface area (Å²) in [5.41, 5.74) is 0.918. The molecule has 124 valence electrons. The molecule has 0 spiro atoms. The van der Waals surface area contributed by atoms with Gasteiger partial charge in [0.05, 0.1) is 5.60 Å². The lowest BCUT2D eigenvalue weighted by Gasteiger charge is -2.35. The molecule has 1 aliphatic heterocycles. The van der Waals surface area contributed by atoms with Crippen LogP contribution in [0.5, 0.6) is 0 Å². The van der Waals surface area contributed by atoms with E-state index in [0.29, 0.717) is 24.6 Å². The van der Waals surface area contributed by atoms with E-state index in [1.54, 1.807) is 0 Å². The number of benzene rings is 1. The number of carbonyl (C=O) groups excluding carboxylic acids is 1. The Morgan fingerprint density at radius 2 is 2.26 bits per heavy atom. The first kappa shape index (κ1) is 16.3. The molecule has 4 nitrogen and oxygen atoms in total. The van der Waals surface area contributed by atoms with Crippen LogP contribution >= 0.6 is 11.6 Å². The van der Waals surface area contributed by atoms with Crippen LogP contribution in [0.1, 0.15) is 33.1 Å². The summed E-state index contributed by atoms with van der Waals surface area (Å²) in [6.07, 6.45) is 4.22. The summed E-state index contributed by atoms with van der Waals surface area (Å²) in [5.74, 6) is 0.0941. The second-order valence-corrected chi connectivity index (χ2v) is 7.26. The first-order valence-electron chi connectivity index (χ1n) is 8.11. The molecule has 23 heavy (non-hydrogen) atoms. The molecule has 1 aromatic carbocycles. The molecular formula is C18H23ClN2O2. The highest BCUT2D eigenvalue weighted by Gasteiger charge is 2.29. The van der Waals surface area contributed by atoms with Gasteiger partial charge in [-0.3, -0.25) is 4.79 Å². The minimum Gasteiger partial charge on any atom is -0.375 e. The minimum absolute atomic E-state index is 0.0941. The van der Waals surface area contributed by atoms with Crippen LogP contribution in [-0.4, -0.2) is 28.7 Å². The highest BCUT2D eigenvalue weighted by atomic mass is 35.5. The van der Waals surface area contributed by atoms with Crippen LogP contribution in [0.15, 0.2) is 30.5 Å². The molecule has 1 amide bonds. The molecule has 1 unspecified atom stereocenters. The smallest absolute Gasteiger partial charge is 0.222 e. The van der Waals surface area contributed by atoms with E-state index in [-0.39, 0.29) is 17.6 Å². The average Bonchev–Trinajstić information content (AvgIpc) is 2.86. The van der Waals surface area contributed by atoms with E-state index in [2.05, 4.69) is 23.7 Å². The van der Waals surface area contributed by atoms with Crippen LogP contribution in [0.2, 0.25) is 5.02 Å². The molecule has 1 fully saturated rings. The molecular weight excluding hydrogens is 312 g/mol. The number of carbonyl (C=O) groups is 1. The van der Waals surface area contributed by atoms with E-state index in [0.717, 1.165) is 23.7 Å². The van der Waals surface area contributed by atoms with Crippen molar-refractivity contribution in [1.82, 2.24) is 9.88 Å². The SMILES string of the molecule is CC1(C)CC(NC(=O)CCn2ccc3ccc(Cl)cc32)CCO1. The van der Waals surface area contributed by atoms with Crippen LogP contribution in [0.3, 0.4) is 0 Å². The first-order chi connectivity index (χ1) is 10.9. The predicted octanol–water partition coefficient (Wildman–Crippen LogP) is 3.76. The predicted molar refractivity (Wildman–Crippen MR) is 92.8 cm³/mol. The van der Waals surface area contributed by atoms with Crippen LogP contribution in [0.25, 0.3) is 10.9 Å². The van der Waals surface area contributed by atoms with E-state index in [9.17, 15) is 4.79 Å². The van der Waals surface area contributed by atoms with Gasteiger partial charge in [-0.2, -0.15) is 0 Å². The number of nitrogens with zero attached hydrogens (tertiary/aromatic N) is 1. The number of fused-ring (bicyclic) bond motifs is 1. The third-order valence-corrected chi connectivity index (χ3v) is 4.61. The molecule has 3 rings (SSSR count). The number of halogens is 1. The molecule has 1 aromatic heterocycles. The maximum absolute atomic E-state index is 12.2. The van der Waals surface area contributed by atoms with E-state index in [1.807, 2.05) is 30.5 Å². The molecule has 1 N–H and O–H groups in total. The summed E-state index contributed by atoms with van der Waals surface area (Å²) in [5, 5.41) is 4.99. The lowest BCUT2D eigenvalue weighted by molar-refractivity contribution is -0.124. The molecule has 0 radical (unpaired) electrons. The molecule has 2 heterocycles. The Labute approximate surface area is 141 Å². The summed E-state index contributed by atoms with van der Waals surface area (Å²) >= 11 is 6.06. The first-order valence-corrected chi connectivity index (χ1v) is 8.48. The van der Waals surface area contributed by atoms with Gasteiger partial charge in [-0.1, -0.05) is 17.7 Å². The summed E-state index contributed by atoms with van der Waals surface area (Å²) < 4.78 is 7.77. The van der Waals surface area contributed by atoms with Crippen molar-refractivity contribution in [3.05, 3.63) is 35.5 Å².